The molecule has 0 saturated carbocycles. The average Bonchev–Trinajstić information content (AvgIpc) is 3.62. The first-order valence-electron chi connectivity index (χ1n) is 11.0. The van der Waals surface area contributed by atoms with Gasteiger partial charge >= 0.3 is 0 Å². The predicted molar refractivity (Wildman–Crippen MR) is 130 cm³/mol. The van der Waals surface area contributed by atoms with E-state index < -0.39 is 0 Å². The number of nitrogens with zero attached hydrogens (tertiary/aromatic N) is 8. The zero-order chi connectivity index (χ0) is 23.8. The highest BCUT2D eigenvalue weighted by Gasteiger charge is 2.26. The van der Waals surface area contributed by atoms with Gasteiger partial charge in [-0.2, -0.15) is 4.52 Å². The first-order valence-corrected chi connectivity index (χ1v) is 11.8. The van der Waals surface area contributed by atoms with Crippen LogP contribution in [0.15, 0.2) is 60.8 Å². The molecule has 11 nitrogen and oxygen atoms in total. The van der Waals surface area contributed by atoms with E-state index in [-0.39, 0.29) is 11.8 Å². The molecule has 35 heavy (non-hydrogen) atoms. The fourth-order valence-electron chi connectivity index (χ4n) is 4.10. The molecule has 0 bridgehead atoms. The Hall–Kier alpha value is -4.45. The number of carbonyl (C=O) groups is 2. The number of hydrogen-bond acceptors (Lipinski definition) is 9. The number of hydrogen-bond donors (Lipinski definition) is 1. The molecular weight excluding hydrogens is 466 g/mol. The monoisotopic (exact) mass is 485 g/mol. The van der Waals surface area contributed by atoms with Crippen molar-refractivity contribution in [3.63, 3.8) is 0 Å². The standard InChI is InChI=1S/C23H19N9O2S/c33-22(30-11-13-31(14-12-30)23(34)19-9-10-24-35-19)15-5-7-16(8-6-15)25-20-21-27-28-29-32(21)18-4-2-1-3-17(18)26-20/h1-10H,11-14H2,(H,25,26). The lowest BCUT2D eigenvalue weighted by atomic mass is 10.1. The zero-order valence-corrected chi connectivity index (χ0v) is 19.2. The Morgan fingerprint density at radius 2 is 1.63 bits per heavy atom. The van der Waals surface area contributed by atoms with Crippen molar-refractivity contribution in [2.24, 2.45) is 0 Å². The van der Waals surface area contributed by atoms with Crippen LogP contribution in [0.3, 0.4) is 0 Å². The molecule has 3 aromatic heterocycles. The molecule has 0 unspecified atom stereocenters. The van der Waals surface area contributed by atoms with Crippen LogP contribution < -0.4 is 5.32 Å². The lowest BCUT2D eigenvalue weighted by Crippen LogP contribution is -2.50. The van der Waals surface area contributed by atoms with Crippen molar-refractivity contribution in [3.05, 3.63) is 71.2 Å². The molecule has 5 aromatic rings. The Bertz CT molecular complexity index is 1520. The molecule has 0 radical (unpaired) electrons. The third kappa shape index (κ3) is 3.93. The summed E-state index contributed by atoms with van der Waals surface area (Å²) in [5, 5.41) is 15.2. The normalized spacial score (nSPS) is 13.9. The van der Waals surface area contributed by atoms with E-state index in [9.17, 15) is 9.59 Å². The summed E-state index contributed by atoms with van der Waals surface area (Å²) in [4.78, 5) is 34.3. The Morgan fingerprint density at radius 1 is 0.886 bits per heavy atom. The first kappa shape index (κ1) is 21.1. The molecule has 1 saturated heterocycles. The maximum absolute atomic E-state index is 13.0. The molecule has 1 N–H and O–H groups in total. The van der Waals surface area contributed by atoms with Crippen LogP contribution in [0.2, 0.25) is 0 Å². The minimum absolute atomic E-state index is 0.0330. The van der Waals surface area contributed by atoms with Crippen LogP contribution in [0.5, 0.6) is 0 Å². The van der Waals surface area contributed by atoms with E-state index >= 15 is 0 Å². The number of amides is 2. The van der Waals surface area contributed by atoms with Crippen LogP contribution in [-0.4, -0.2) is 77.2 Å². The summed E-state index contributed by atoms with van der Waals surface area (Å²) in [6.07, 6.45) is 1.62. The minimum atomic E-state index is -0.0608. The van der Waals surface area contributed by atoms with Crippen molar-refractivity contribution in [3.8, 4) is 0 Å². The maximum atomic E-state index is 13.0. The summed E-state index contributed by atoms with van der Waals surface area (Å²) >= 11 is 1.19. The van der Waals surface area contributed by atoms with Gasteiger partial charge in [0.1, 0.15) is 4.88 Å². The highest BCUT2D eigenvalue weighted by atomic mass is 32.1. The van der Waals surface area contributed by atoms with E-state index in [4.69, 9.17) is 0 Å². The molecular formula is C23H19N9O2S. The Balaban J connectivity index is 1.14. The second kappa shape index (κ2) is 8.72. The van der Waals surface area contributed by atoms with Crippen molar-refractivity contribution < 1.29 is 9.59 Å². The number of benzene rings is 2. The largest absolute Gasteiger partial charge is 0.337 e. The molecule has 1 aliphatic rings. The van der Waals surface area contributed by atoms with E-state index in [1.165, 1.54) is 11.5 Å². The molecule has 174 valence electrons. The fraction of sp³-hybridized carbons (Fsp3) is 0.174. The highest BCUT2D eigenvalue weighted by Crippen LogP contribution is 2.23. The molecule has 0 atom stereocenters. The molecule has 6 rings (SSSR count). The number of carbonyl (C=O) groups excluding carboxylic acids is 2. The van der Waals surface area contributed by atoms with Crippen molar-refractivity contribution in [1.29, 1.82) is 0 Å². The van der Waals surface area contributed by atoms with E-state index in [0.29, 0.717) is 48.1 Å². The number of tetrazole rings is 1. The minimum Gasteiger partial charge on any atom is -0.337 e. The first-order chi connectivity index (χ1) is 17.2. The van der Waals surface area contributed by atoms with Crippen LogP contribution in [0.1, 0.15) is 20.0 Å². The third-order valence-electron chi connectivity index (χ3n) is 5.92. The van der Waals surface area contributed by atoms with Crippen LogP contribution >= 0.6 is 11.5 Å². The summed E-state index contributed by atoms with van der Waals surface area (Å²) in [5.41, 5.74) is 3.42. The molecule has 2 amide bonds. The average molecular weight is 486 g/mol. The van der Waals surface area contributed by atoms with Gasteiger partial charge in [0.05, 0.1) is 11.0 Å². The van der Waals surface area contributed by atoms with Gasteiger partial charge in [-0.1, -0.05) is 12.1 Å². The van der Waals surface area contributed by atoms with Gasteiger partial charge in [0, 0.05) is 43.6 Å². The van der Waals surface area contributed by atoms with E-state index in [0.717, 1.165) is 16.7 Å². The molecule has 1 aliphatic heterocycles. The third-order valence-corrected chi connectivity index (χ3v) is 6.66. The van der Waals surface area contributed by atoms with Crippen molar-refractivity contribution in [1.82, 2.24) is 39.2 Å². The number of anilines is 2. The van der Waals surface area contributed by atoms with Crippen molar-refractivity contribution in [2.75, 3.05) is 31.5 Å². The van der Waals surface area contributed by atoms with Gasteiger partial charge in [-0.25, -0.2) is 9.36 Å². The second-order valence-corrected chi connectivity index (χ2v) is 8.86. The number of rotatable bonds is 4. The van der Waals surface area contributed by atoms with Gasteiger partial charge in [0.2, 0.25) is 5.65 Å². The van der Waals surface area contributed by atoms with Crippen LogP contribution in [0.25, 0.3) is 16.7 Å². The van der Waals surface area contributed by atoms with Gasteiger partial charge in [-0.3, -0.25) is 9.59 Å². The van der Waals surface area contributed by atoms with Gasteiger partial charge in [0.15, 0.2) is 5.82 Å². The SMILES string of the molecule is O=C(c1ccc(Nc2nc3ccccc3n3nnnc23)cc1)N1CCN(C(=O)c2ccns2)CC1. The van der Waals surface area contributed by atoms with Crippen molar-refractivity contribution >= 4 is 51.5 Å². The van der Waals surface area contributed by atoms with Crippen LogP contribution in [0.4, 0.5) is 11.5 Å². The number of para-hydroxylation sites is 2. The maximum Gasteiger partial charge on any atom is 0.265 e. The van der Waals surface area contributed by atoms with Gasteiger partial charge in [-0.05, 0) is 64.4 Å². The molecule has 0 aliphatic carbocycles. The molecule has 4 heterocycles. The second-order valence-electron chi connectivity index (χ2n) is 8.03. The van der Waals surface area contributed by atoms with Crippen molar-refractivity contribution in [2.45, 2.75) is 0 Å². The Labute approximate surface area is 203 Å². The quantitative estimate of drug-likeness (QED) is 0.412. The Kier molecular flexibility index (Phi) is 5.26. The summed E-state index contributed by atoms with van der Waals surface area (Å²) < 4.78 is 5.63. The summed E-state index contributed by atoms with van der Waals surface area (Å²) in [5.74, 6) is 0.429. The predicted octanol–water partition coefficient (Wildman–Crippen LogP) is 2.47. The lowest BCUT2D eigenvalue weighted by Gasteiger charge is -2.34. The van der Waals surface area contributed by atoms with Gasteiger partial charge in [-0.15, -0.1) is 5.10 Å². The van der Waals surface area contributed by atoms with E-state index in [1.807, 2.05) is 36.4 Å². The van der Waals surface area contributed by atoms with Crippen LogP contribution in [-0.2, 0) is 0 Å². The summed E-state index contributed by atoms with van der Waals surface area (Å²) in [7, 11) is 0. The van der Waals surface area contributed by atoms with E-state index in [1.54, 1.807) is 38.7 Å². The van der Waals surface area contributed by atoms with Gasteiger partial charge < -0.3 is 15.1 Å². The van der Waals surface area contributed by atoms with Crippen LogP contribution in [0, 0.1) is 0 Å². The van der Waals surface area contributed by atoms with Gasteiger partial charge in [0.25, 0.3) is 11.8 Å². The molecule has 12 heteroatoms. The fourth-order valence-corrected chi connectivity index (χ4v) is 4.66. The highest BCUT2D eigenvalue weighted by molar-refractivity contribution is 7.08. The number of aromatic nitrogens is 6. The lowest BCUT2D eigenvalue weighted by molar-refractivity contribution is 0.0538. The molecule has 1 fully saturated rings. The topological polar surface area (TPSA) is 122 Å². The van der Waals surface area contributed by atoms with E-state index in [2.05, 4.69) is 30.2 Å². The summed E-state index contributed by atoms with van der Waals surface area (Å²) in [6, 6.07) is 16.6. The number of nitrogens with one attached hydrogen (secondary N) is 1. The Morgan fingerprint density at radius 3 is 2.37 bits per heavy atom. The smallest absolute Gasteiger partial charge is 0.265 e. The molecule has 0 spiro atoms. The zero-order valence-electron chi connectivity index (χ0n) is 18.4. The number of piperazine rings is 1. The number of fused-ring (bicyclic) bond motifs is 3. The summed E-state index contributed by atoms with van der Waals surface area (Å²) in [6.45, 7) is 1.97. The molecule has 2 aromatic carbocycles.